The van der Waals surface area contributed by atoms with Crippen LogP contribution in [-0.2, 0) is 16.1 Å². The summed E-state index contributed by atoms with van der Waals surface area (Å²) in [6.07, 6.45) is 4.62. The van der Waals surface area contributed by atoms with Crippen molar-refractivity contribution >= 4 is 17.7 Å². The number of esters is 1. The molecule has 0 N–H and O–H groups in total. The van der Waals surface area contributed by atoms with Crippen LogP contribution in [0.3, 0.4) is 0 Å². The molecule has 0 fully saturated rings. The highest BCUT2D eigenvalue weighted by molar-refractivity contribution is 5.87. The summed E-state index contributed by atoms with van der Waals surface area (Å²) in [7, 11) is 1.58. The summed E-state index contributed by atoms with van der Waals surface area (Å²) in [5.74, 6) is 0.191. The van der Waals surface area contributed by atoms with E-state index in [1.807, 2.05) is 31.2 Å². The summed E-state index contributed by atoms with van der Waals surface area (Å²) in [4.78, 5) is 28.4. The zero-order valence-corrected chi connectivity index (χ0v) is 14.5. The third-order valence-corrected chi connectivity index (χ3v) is 3.81. The lowest BCUT2D eigenvalue weighted by Gasteiger charge is -2.06. The van der Waals surface area contributed by atoms with Gasteiger partial charge in [-0.2, -0.15) is 0 Å². The summed E-state index contributed by atoms with van der Waals surface area (Å²) in [5, 5.41) is 0. The second-order valence-corrected chi connectivity index (χ2v) is 5.69. The highest BCUT2D eigenvalue weighted by Crippen LogP contribution is 2.13. The quantitative estimate of drug-likeness (QED) is 0.523. The third kappa shape index (κ3) is 3.97. The molecular weight excluding hydrogens is 332 g/mol. The lowest BCUT2D eigenvalue weighted by atomic mass is 10.2. The number of hydrogen-bond acceptors (Lipinski definition) is 5. The van der Waals surface area contributed by atoms with Crippen LogP contribution in [0.4, 0.5) is 0 Å². The molecule has 26 heavy (non-hydrogen) atoms. The first-order valence-electron chi connectivity index (χ1n) is 8.03. The van der Waals surface area contributed by atoms with Crippen LogP contribution in [-0.4, -0.2) is 22.5 Å². The lowest BCUT2D eigenvalue weighted by Crippen LogP contribution is -2.17. The fourth-order valence-corrected chi connectivity index (χ4v) is 2.49. The molecule has 0 saturated carbocycles. The van der Waals surface area contributed by atoms with Gasteiger partial charge in [-0.05, 0) is 42.3 Å². The number of benzene rings is 1. The summed E-state index contributed by atoms with van der Waals surface area (Å²) in [5.41, 5.74) is 2.44. The Labute approximate surface area is 150 Å². The number of aromatic nitrogens is 2. The molecule has 2 heterocycles. The van der Waals surface area contributed by atoms with E-state index in [0.717, 1.165) is 11.1 Å². The van der Waals surface area contributed by atoms with Gasteiger partial charge in [-0.3, -0.25) is 9.20 Å². The van der Waals surface area contributed by atoms with Crippen LogP contribution in [0.25, 0.3) is 11.7 Å². The van der Waals surface area contributed by atoms with E-state index in [0.29, 0.717) is 17.1 Å². The van der Waals surface area contributed by atoms with Crippen molar-refractivity contribution in [2.24, 2.45) is 0 Å². The Hall–Kier alpha value is -3.41. The molecule has 2 aromatic heterocycles. The number of rotatable bonds is 5. The van der Waals surface area contributed by atoms with E-state index in [4.69, 9.17) is 9.47 Å². The van der Waals surface area contributed by atoms with Crippen molar-refractivity contribution in [1.29, 1.82) is 0 Å². The maximum Gasteiger partial charge on any atom is 0.331 e. The molecule has 0 unspecified atom stereocenters. The Morgan fingerprint density at radius 3 is 2.88 bits per heavy atom. The van der Waals surface area contributed by atoms with Crippen LogP contribution in [0.1, 0.15) is 16.8 Å². The van der Waals surface area contributed by atoms with Crippen LogP contribution < -0.4 is 10.3 Å². The third-order valence-electron chi connectivity index (χ3n) is 3.81. The molecule has 0 aliphatic heterocycles. The molecule has 1 aromatic carbocycles. The topological polar surface area (TPSA) is 69.9 Å². The van der Waals surface area contributed by atoms with Crippen molar-refractivity contribution < 1.29 is 14.3 Å². The van der Waals surface area contributed by atoms with Crippen molar-refractivity contribution in [3.8, 4) is 5.75 Å². The molecule has 0 aliphatic carbocycles. The zero-order valence-electron chi connectivity index (χ0n) is 14.5. The van der Waals surface area contributed by atoms with Crippen molar-refractivity contribution in [2.45, 2.75) is 13.5 Å². The first kappa shape index (κ1) is 17.4. The molecule has 0 amide bonds. The number of pyridine rings is 1. The molecule has 0 atom stereocenters. The molecular formula is C20H18N2O4. The van der Waals surface area contributed by atoms with Gasteiger partial charge in [0.15, 0.2) is 0 Å². The van der Waals surface area contributed by atoms with Crippen LogP contribution in [0.5, 0.6) is 5.75 Å². The van der Waals surface area contributed by atoms with Gasteiger partial charge in [0.1, 0.15) is 18.0 Å². The second-order valence-electron chi connectivity index (χ2n) is 5.69. The summed E-state index contributed by atoms with van der Waals surface area (Å²) >= 11 is 0. The fourth-order valence-electron chi connectivity index (χ4n) is 2.49. The van der Waals surface area contributed by atoms with Crippen LogP contribution in [0.15, 0.2) is 59.5 Å². The van der Waals surface area contributed by atoms with Gasteiger partial charge in [0, 0.05) is 18.3 Å². The Kier molecular flexibility index (Phi) is 5.12. The van der Waals surface area contributed by atoms with E-state index >= 15 is 0 Å². The summed E-state index contributed by atoms with van der Waals surface area (Å²) < 4.78 is 11.8. The fraction of sp³-hybridized carbons (Fsp3) is 0.150. The molecule has 132 valence electrons. The van der Waals surface area contributed by atoms with Gasteiger partial charge < -0.3 is 9.47 Å². The molecule has 6 heteroatoms. The van der Waals surface area contributed by atoms with E-state index in [2.05, 4.69) is 4.98 Å². The van der Waals surface area contributed by atoms with E-state index in [9.17, 15) is 9.59 Å². The van der Waals surface area contributed by atoms with E-state index in [-0.39, 0.29) is 12.2 Å². The van der Waals surface area contributed by atoms with Gasteiger partial charge in [-0.1, -0.05) is 18.2 Å². The Morgan fingerprint density at radius 1 is 1.23 bits per heavy atom. The van der Waals surface area contributed by atoms with Gasteiger partial charge >= 0.3 is 5.97 Å². The van der Waals surface area contributed by atoms with Crippen molar-refractivity contribution in [2.75, 3.05) is 7.11 Å². The number of hydrogen-bond donors (Lipinski definition) is 0. The number of nitrogens with zero attached hydrogens (tertiary/aromatic N) is 2. The minimum atomic E-state index is -0.514. The SMILES string of the molecule is COc1cccc(/C=C/C(=O)OCc2cc(=O)n3cccc(C)c3n2)c1. The maximum atomic E-state index is 12.1. The molecule has 3 aromatic rings. The van der Waals surface area contributed by atoms with E-state index < -0.39 is 5.97 Å². The first-order valence-corrected chi connectivity index (χ1v) is 8.03. The minimum absolute atomic E-state index is 0.0681. The Balaban J connectivity index is 1.69. The summed E-state index contributed by atoms with van der Waals surface area (Å²) in [6, 6.07) is 12.3. The number of aryl methyl sites for hydroxylation is 1. The maximum absolute atomic E-state index is 12.1. The molecule has 6 nitrogen and oxygen atoms in total. The zero-order chi connectivity index (χ0) is 18.5. The average Bonchev–Trinajstić information content (AvgIpc) is 2.66. The number of ether oxygens (including phenoxy) is 2. The Bertz CT molecular complexity index is 1040. The molecule has 0 spiro atoms. The van der Waals surface area contributed by atoms with E-state index in [1.54, 1.807) is 31.5 Å². The van der Waals surface area contributed by atoms with Gasteiger partial charge in [0.25, 0.3) is 5.56 Å². The lowest BCUT2D eigenvalue weighted by molar-refractivity contribution is -0.139. The van der Waals surface area contributed by atoms with Crippen molar-refractivity contribution in [3.05, 3.63) is 81.9 Å². The van der Waals surface area contributed by atoms with E-state index in [1.165, 1.54) is 16.5 Å². The monoisotopic (exact) mass is 350 g/mol. The predicted molar refractivity (Wildman–Crippen MR) is 98.0 cm³/mol. The largest absolute Gasteiger partial charge is 0.497 e. The van der Waals surface area contributed by atoms with Gasteiger partial charge in [-0.15, -0.1) is 0 Å². The van der Waals surface area contributed by atoms with Crippen LogP contribution in [0.2, 0.25) is 0 Å². The molecule has 0 radical (unpaired) electrons. The normalized spacial score (nSPS) is 11.0. The highest BCUT2D eigenvalue weighted by Gasteiger charge is 2.06. The second kappa shape index (κ2) is 7.65. The molecule has 0 aliphatic rings. The molecule has 0 saturated heterocycles. The smallest absolute Gasteiger partial charge is 0.331 e. The number of carbonyl (C=O) groups excluding carboxylic acids is 1. The van der Waals surface area contributed by atoms with Gasteiger partial charge in [-0.25, -0.2) is 9.78 Å². The molecule has 3 rings (SSSR count). The van der Waals surface area contributed by atoms with Crippen LogP contribution in [0, 0.1) is 6.92 Å². The predicted octanol–water partition coefficient (Wildman–Crippen LogP) is 2.77. The van der Waals surface area contributed by atoms with Gasteiger partial charge in [0.2, 0.25) is 0 Å². The average molecular weight is 350 g/mol. The highest BCUT2D eigenvalue weighted by atomic mass is 16.5. The Morgan fingerprint density at radius 2 is 2.08 bits per heavy atom. The van der Waals surface area contributed by atoms with Crippen LogP contribution >= 0.6 is 0 Å². The van der Waals surface area contributed by atoms with Crippen molar-refractivity contribution in [1.82, 2.24) is 9.38 Å². The van der Waals surface area contributed by atoms with Gasteiger partial charge in [0.05, 0.1) is 12.8 Å². The summed E-state index contributed by atoms with van der Waals surface area (Å²) in [6.45, 7) is 1.80. The number of methoxy groups -OCH3 is 1. The number of carbonyl (C=O) groups is 1. The first-order chi connectivity index (χ1) is 12.6. The number of fused-ring (bicyclic) bond motifs is 1. The minimum Gasteiger partial charge on any atom is -0.497 e. The standard InChI is InChI=1S/C20H18N2O4/c1-14-5-4-10-22-18(23)12-16(21-20(14)22)13-26-19(24)9-8-15-6-3-7-17(11-15)25-2/h3-12H,13H2,1-2H3/b9-8+. The molecule has 0 bridgehead atoms. The van der Waals surface area contributed by atoms with Crippen molar-refractivity contribution in [3.63, 3.8) is 0 Å².